The van der Waals surface area contributed by atoms with Crippen LogP contribution in [0.3, 0.4) is 0 Å². The first-order valence-electron chi connectivity index (χ1n) is 9.76. The molecule has 2 heterocycles. The number of carbonyl (C=O) groups is 2. The molecule has 0 spiro atoms. The highest BCUT2D eigenvalue weighted by Crippen LogP contribution is 2.20. The number of para-hydroxylation sites is 1. The standard InChI is InChI=1S/C22H21N5O2/c23-14-15-8-4-5-11-17(15)25-22(29)20-26-19(18-12-6-7-13-27(18)20)21(28)24-16-9-2-1-3-10-16/h4-8,11-13,16H,1-3,9-10H2,(H,24,28)(H,25,29). The number of anilines is 1. The Morgan fingerprint density at radius 2 is 1.79 bits per heavy atom. The van der Waals surface area contributed by atoms with Crippen LogP contribution in [0.15, 0.2) is 48.7 Å². The number of carbonyl (C=O) groups excluding carboxylic acids is 2. The summed E-state index contributed by atoms with van der Waals surface area (Å²) in [5.41, 5.74) is 1.56. The van der Waals surface area contributed by atoms with Crippen LogP contribution in [0, 0.1) is 11.3 Å². The van der Waals surface area contributed by atoms with Crippen LogP contribution >= 0.6 is 0 Å². The molecular weight excluding hydrogens is 366 g/mol. The van der Waals surface area contributed by atoms with Crippen LogP contribution in [0.25, 0.3) is 5.52 Å². The number of amides is 2. The van der Waals surface area contributed by atoms with Crippen LogP contribution in [0.2, 0.25) is 0 Å². The lowest BCUT2D eigenvalue weighted by Gasteiger charge is -2.22. The van der Waals surface area contributed by atoms with Gasteiger partial charge in [0.15, 0.2) is 5.69 Å². The number of fused-ring (bicyclic) bond motifs is 1. The Labute approximate surface area is 168 Å². The van der Waals surface area contributed by atoms with Crippen molar-refractivity contribution in [2.75, 3.05) is 5.32 Å². The van der Waals surface area contributed by atoms with Crippen LogP contribution in [-0.4, -0.2) is 27.2 Å². The predicted octanol–water partition coefficient (Wildman–Crippen LogP) is 3.52. The second kappa shape index (κ2) is 8.15. The third-order valence-electron chi connectivity index (χ3n) is 5.20. The van der Waals surface area contributed by atoms with Gasteiger partial charge in [0.25, 0.3) is 11.8 Å². The third kappa shape index (κ3) is 3.83. The Morgan fingerprint density at radius 3 is 2.59 bits per heavy atom. The third-order valence-corrected chi connectivity index (χ3v) is 5.20. The number of pyridine rings is 1. The van der Waals surface area contributed by atoms with Gasteiger partial charge < -0.3 is 10.6 Å². The fraction of sp³-hybridized carbons (Fsp3) is 0.273. The maximum absolute atomic E-state index is 12.9. The van der Waals surface area contributed by atoms with Crippen molar-refractivity contribution < 1.29 is 9.59 Å². The number of aromatic nitrogens is 2. The van der Waals surface area contributed by atoms with Gasteiger partial charge in [0, 0.05) is 12.2 Å². The zero-order valence-corrected chi connectivity index (χ0v) is 15.9. The molecule has 29 heavy (non-hydrogen) atoms. The first-order chi connectivity index (χ1) is 14.2. The Kier molecular flexibility index (Phi) is 5.25. The van der Waals surface area contributed by atoms with Crippen molar-refractivity contribution in [3.8, 4) is 6.07 Å². The minimum atomic E-state index is -0.481. The molecular formula is C22H21N5O2. The van der Waals surface area contributed by atoms with E-state index in [4.69, 9.17) is 0 Å². The summed E-state index contributed by atoms with van der Waals surface area (Å²) in [4.78, 5) is 30.1. The SMILES string of the molecule is N#Cc1ccccc1NC(=O)c1nc(C(=O)NC2CCCCC2)c2ccccn12. The second-order valence-electron chi connectivity index (χ2n) is 7.16. The monoisotopic (exact) mass is 387 g/mol. The molecule has 1 fully saturated rings. The van der Waals surface area contributed by atoms with Crippen molar-refractivity contribution in [2.24, 2.45) is 0 Å². The molecule has 7 nitrogen and oxygen atoms in total. The van der Waals surface area contributed by atoms with E-state index in [2.05, 4.69) is 21.7 Å². The van der Waals surface area contributed by atoms with Crippen molar-refractivity contribution in [3.63, 3.8) is 0 Å². The summed E-state index contributed by atoms with van der Waals surface area (Å²) in [6.45, 7) is 0. The fourth-order valence-electron chi connectivity index (χ4n) is 3.73. The Balaban J connectivity index is 1.64. The van der Waals surface area contributed by atoms with E-state index >= 15 is 0 Å². The molecule has 1 saturated carbocycles. The molecule has 0 atom stereocenters. The molecule has 2 aromatic heterocycles. The van der Waals surface area contributed by atoms with Crippen molar-refractivity contribution in [1.29, 1.82) is 5.26 Å². The van der Waals surface area contributed by atoms with Gasteiger partial charge in [-0.15, -0.1) is 0 Å². The average molecular weight is 387 g/mol. The van der Waals surface area contributed by atoms with Crippen LogP contribution in [0.5, 0.6) is 0 Å². The van der Waals surface area contributed by atoms with Gasteiger partial charge in [0.2, 0.25) is 5.82 Å². The van der Waals surface area contributed by atoms with Gasteiger partial charge in [0.05, 0.1) is 16.8 Å². The molecule has 2 amide bonds. The number of hydrogen-bond donors (Lipinski definition) is 2. The smallest absolute Gasteiger partial charge is 0.292 e. The quantitative estimate of drug-likeness (QED) is 0.715. The number of nitriles is 1. The molecule has 0 radical (unpaired) electrons. The van der Waals surface area contributed by atoms with Crippen molar-refractivity contribution in [2.45, 2.75) is 38.1 Å². The summed E-state index contributed by atoms with van der Waals surface area (Å²) in [5.74, 6) is -0.648. The summed E-state index contributed by atoms with van der Waals surface area (Å²) < 4.78 is 1.60. The normalized spacial score (nSPS) is 14.3. The molecule has 0 unspecified atom stereocenters. The molecule has 3 aromatic rings. The number of imidazole rings is 1. The predicted molar refractivity (Wildman–Crippen MR) is 109 cm³/mol. The van der Waals surface area contributed by atoms with Gasteiger partial charge >= 0.3 is 0 Å². The molecule has 0 bridgehead atoms. The number of nitrogens with one attached hydrogen (secondary N) is 2. The Morgan fingerprint density at radius 1 is 1.03 bits per heavy atom. The minimum Gasteiger partial charge on any atom is -0.348 e. The lowest BCUT2D eigenvalue weighted by molar-refractivity contribution is 0.0925. The summed E-state index contributed by atoms with van der Waals surface area (Å²) in [7, 11) is 0. The topological polar surface area (TPSA) is 99.3 Å². The number of benzene rings is 1. The number of nitrogens with zero attached hydrogens (tertiary/aromatic N) is 3. The summed E-state index contributed by atoms with van der Waals surface area (Å²) >= 11 is 0. The molecule has 2 N–H and O–H groups in total. The van der Waals surface area contributed by atoms with Crippen LogP contribution in [0.4, 0.5) is 5.69 Å². The molecule has 1 aromatic carbocycles. The summed E-state index contributed by atoms with van der Waals surface area (Å²) in [6.07, 6.45) is 7.06. The zero-order chi connectivity index (χ0) is 20.2. The molecule has 1 aliphatic rings. The van der Waals surface area contributed by atoms with E-state index in [9.17, 15) is 14.9 Å². The first-order valence-corrected chi connectivity index (χ1v) is 9.76. The van der Waals surface area contributed by atoms with E-state index in [0.717, 1.165) is 25.7 Å². The van der Waals surface area contributed by atoms with E-state index in [0.29, 0.717) is 16.8 Å². The number of hydrogen-bond acceptors (Lipinski definition) is 4. The highest BCUT2D eigenvalue weighted by atomic mass is 16.2. The van der Waals surface area contributed by atoms with E-state index in [1.165, 1.54) is 6.42 Å². The van der Waals surface area contributed by atoms with Crippen LogP contribution in [-0.2, 0) is 0 Å². The molecule has 1 aliphatic carbocycles. The van der Waals surface area contributed by atoms with Crippen LogP contribution < -0.4 is 10.6 Å². The Hall–Kier alpha value is -3.66. The van der Waals surface area contributed by atoms with Gasteiger partial charge in [-0.25, -0.2) is 4.98 Å². The highest BCUT2D eigenvalue weighted by Gasteiger charge is 2.24. The van der Waals surface area contributed by atoms with E-state index < -0.39 is 5.91 Å². The molecule has 146 valence electrons. The summed E-state index contributed by atoms with van der Waals surface area (Å²) in [5, 5.41) is 15.0. The van der Waals surface area contributed by atoms with Crippen LogP contribution in [0.1, 0.15) is 58.8 Å². The maximum atomic E-state index is 12.9. The number of rotatable bonds is 4. The van der Waals surface area contributed by atoms with Crippen molar-refractivity contribution in [3.05, 3.63) is 65.7 Å². The van der Waals surface area contributed by atoms with E-state index in [1.807, 2.05) is 0 Å². The first kappa shape index (κ1) is 18.7. The molecule has 7 heteroatoms. The second-order valence-corrected chi connectivity index (χ2v) is 7.16. The minimum absolute atomic E-state index is 0.0992. The van der Waals surface area contributed by atoms with Gasteiger partial charge in [-0.3, -0.25) is 14.0 Å². The van der Waals surface area contributed by atoms with Crippen molar-refractivity contribution in [1.82, 2.24) is 14.7 Å². The van der Waals surface area contributed by atoms with Gasteiger partial charge in [0.1, 0.15) is 6.07 Å². The van der Waals surface area contributed by atoms with Gasteiger partial charge in [-0.05, 0) is 37.1 Å². The molecule has 0 aliphatic heterocycles. The molecule has 4 rings (SSSR count). The lowest BCUT2D eigenvalue weighted by atomic mass is 9.95. The fourth-order valence-corrected chi connectivity index (χ4v) is 3.73. The van der Waals surface area contributed by atoms with Gasteiger partial charge in [-0.2, -0.15) is 5.26 Å². The van der Waals surface area contributed by atoms with E-state index in [1.54, 1.807) is 53.1 Å². The highest BCUT2D eigenvalue weighted by molar-refractivity contribution is 6.06. The maximum Gasteiger partial charge on any atom is 0.292 e. The Bertz CT molecular complexity index is 1110. The average Bonchev–Trinajstić information content (AvgIpc) is 3.15. The van der Waals surface area contributed by atoms with E-state index in [-0.39, 0.29) is 23.5 Å². The molecule has 0 saturated heterocycles. The largest absolute Gasteiger partial charge is 0.348 e. The van der Waals surface area contributed by atoms with Gasteiger partial charge in [-0.1, -0.05) is 37.5 Å². The lowest BCUT2D eigenvalue weighted by Crippen LogP contribution is -2.36. The zero-order valence-electron chi connectivity index (χ0n) is 15.9. The summed E-state index contributed by atoms with van der Waals surface area (Å²) in [6, 6.07) is 14.3. The van der Waals surface area contributed by atoms with Crippen molar-refractivity contribution >= 4 is 23.0 Å².